The zero-order chi connectivity index (χ0) is 14.5. The summed E-state index contributed by atoms with van der Waals surface area (Å²) in [7, 11) is 1.64. The number of rotatable bonds is 4. The first kappa shape index (κ1) is 15.2. The van der Waals surface area contributed by atoms with Crippen molar-refractivity contribution in [3.8, 4) is 5.75 Å². The Kier molecular flexibility index (Phi) is 5.31. The van der Waals surface area contributed by atoms with Crippen LogP contribution in [0.4, 0.5) is 0 Å². The lowest BCUT2D eigenvalue weighted by Crippen LogP contribution is -2.45. The van der Waals surface area contributed by atoms with Crippen LogP contribution < -0.4 is 4.74 Å². The number of piperidine rings is 1. The Morgan fingerprint density at radius 2 is 2.15 bits per heavy atom. The fraction of sp³-hybridized carbons (Fsp3) is 0.533. The van der Waals surface area contributed by atoms with Gasteiger partial charge < -0.3 is 14.7 Å². The molecule has 0 aliphatic carbocycles. The SMILES string of the molecule is COc1ccc(SCC(=O)N2CCC(O)C(C)C2)cc1. The van der Waals surface area contributed by atoms with Crippen LogP contribution in [0.5, 0.6) is 5.75 Å². The van der Waals surface area contributed by atoms with Gasteiger partial charge in [0.15, 0.2) is 0 Å². The molecule has 1 fully saturated rings. The molecule has 0 saturated carbocycles. The fourth-order valence-corrected chi connectivity index (χ4v) is 3.07. The molecule has 2 unspecified atom stereocenters. The van der Waals surface area contributed by atoms with Crippen LogP contribution in [0.2, 0.25) is 0 Å². The van der Waals surface area contributed by atoms with Gasteiger partial charge in [-0.25, -0.2) is 0 Å². The highest BCUT2D eigenvalue weighted by molar-refractivity contribution is 8.00. The lowest BCUT2D eigenvalue weighted by molar-refractivity contribution is -0.131. The van der Waals surface area contributed by atoms with E-state index in [1.54, 1.807) is 7.11 Å². The first-order valence-electron chi connectivity index (χ1n) is 6.83. The number of methoxy groups -OCH3 is 1. The van der Waals surface area contributed by atoms with E-state index >= 15 is 0 Å². The molecule has 1 saturated heterocycles. The normalized spacial score (nSPS) is 22.6. The molecule has 1 N–H and O–H groups in total. The van der Waals surface area contributed by atoms with E-state index in [0.717, 1.165) is 10.6 Å². The standard InChI is InChI=1S/C15H21NO3S/c1-11-9-16(8-7-14(11)17)15(18)10-20-13-5-3-12(19-2)4-6-13/h3-6,11,14,17H,7-10H2,1-2H3. The first-order chi connectivity index (χ1) is 9.60. The van der Waals surface area contributed by atoms with Gasteiger partial charge in [0, 0.05) is 18.0 Å². The van der Waals surface area contributed by atoms with Crippen molar-refractivity contribution in [3.05, 3.63) is 24.3 Å². The van der Waals surface area contributed by atoms with Crippen LogP contribution in [0.1, 0.15) is 13.3 Å². The Bertz CT molecular complexity index is 449. The number of aliphatic hydroxyl groups excluding tert-OH is 1. The van der Waals surface area contributed by atoms with Crippen molar-refractivity contribution in [3.63, 3.8) is 0 Å². The van der Waals surface area contributed by atoms with Crippen molar-refractivity contribution >= 4 is 17.7 Å². The zero-order valence-corrected chi connectivity index (χ0v) is 12.7. The van der Waals surface area contributed by atoms with Gasteiger partial charge >= 0.3 is 0 Å². The second-order valence-corrected chi connectivity index (χ2v) is 6.19. The van der Waals surface area contributed by atoms with Gasteiger partial charge in [-0.2, -0.15) is 0 Å². The maximum Gasteiger partial charge on any atom is 0.232 e. The van der Waals surface area contributed by atoms with E-state index in [0.29, 0.717) is 25.3 Å². The Labute approximate surface area is 124 Å². The molecule has 1 aromatic rings. The first-order valence-corrected chi connectivity index (χ1v) is 7.81. The lowest BCUT2D eigenvalue weighted by atomic mass is 9.97. The van der Waals surface area contributed by atoms with Gasteiger partial charge in [0.25, 0.3) is 0 Å². The molecule has 0 spiro atoms. The molecule has 0 bridgehead atoms. The van der Waals surface area contributed by atoms with Gasteiger partial charge in [-0.15, -0.1) is 11.8 Å². The molecule has 0 radical (unpaired) electrons. The predicted molar refractivity (Wildman–Crippen MR) is 80.1 cm³/mol. The van der Waals surface area contributed by atoms with E-state index in [1.165, 1.54) is 11.8 Å². The number of aliphatic hydroxyl groups is 1. The van der Waals surface area contributed by atoms with Crippen molar-refractivity contribution in [2.24, 2.45) is 5.92 Å². The second kappa shape index (κ2) is 6.99. The second-order valence-electron chi connectivity index (χ2n) is 5.14. The van der Waals surface area contributed by atoms with Gasteiger partial charge in [0.05, 0.1) is 19.0 Å². The monoisotopic (exact) mass is 295 g/mol. The van der Waals surface area contributed by atoms with Crippen LogP contribution >= 0.6 is 11.8 Å². The molecule has 1 amide bonds. The molecule has 2 atom stereocenters. The van der Waals surface area contributed by atoms with E-state index in [9.17, 15) is 9.90 Å². The largest absolute Gasteiger partial charge is 0.497 e. The summed E-state index contributed by atoms with van der Waals surface area (Å²) in [6.45, 7) is 3.30. The Hall–Kier alpha value is -1.20. The smallest absolute Gasteiger partial charge is 0.232 e. The Morgan fingerprint density at radius 1 is 1.45 bits per heavy atom. The molecule has 2 rings (SSSR count). The molecule has 5 heteroatoms. The van der Waals surface area contributed by atoms with E-state index in [4.69, 9.17) is 4.74 Å². The number of carbonyl (C=O) groups is 1. The number of hydrogen-bond donors (Lipinski definition) is 1. The third kappa shape index (κ3) is 3.90. The van der Waals surface area contributed by atoms with E-state index < -0.39 is 0 Å². The highest BCUT2D eigenvalue weighted by atomic mass is 32.2. The van der Waals surface area contributed by atoms with Crippen molar-refractivity contribution in [2.45, 2.75) is 24.3 Å². The van der Waals surface area contributed by atoms with Gasteiger partial charge in [-0.05, 0) is 36.6 Å². The maximum atomic E-state index is 12.1. The van der Waals surface area contributed by atoms with Crippen LogP contribution in [0.3, 0.4) is 0 Å². The van der Waals surface area contributed by atoms with E-state index in [2.05, 4.69) is 0 Å². The fourth-order valence-electron chi connectivity index (χ4n) is 2.27. The predicted octanol–water partition coefficient (Wildman–Crippen LogP) is 2.02. The summed E-state index contributed by atoms with van der Waals surface area (Å²) in [5.74, 6) is 1.57. The van der Waals surface area contributed by atoms with Crippen LogP contribution in [-0.2, 0) is 4.79 Å². The number of benzene rings is 1. The number of thioether (sulfide) groups is 1. The zero-order valence-electron chi connectivity index (χ0n) is 11.9. The van der Waals surface area contributed by atoms with Crippen LogP contribution in [-0.4, -0.2) is 48.0 Å². The van der Waals surface area contributed by atoms with Crippen molar-refractivity contribution in [1.82, 2.24) is 4.90 Å². The topological polar surface area (TPSA) is 49.8 Å². The minimum absolute atomic E-state index is 0.143. The number of carbonyl (C=O) groups excluding carboxylic acids is 1. The van der Waals surface area contributed by atoms with Crippen molar-refractivity contribution in [2.75, 3.05) is 26.0 Å². The third-order valence-corrected chi connectivity index (χ3v) is 4.63. The highest BCUT2D eigenvalue weighted by Gasteiger charge is 2.26. The minimum Gasteiger partial charge on any atom is -0.497 e. The van der Waals surface area contributed by atoms with Crippen LogP contribution in [0.15, 0.2) is 29.2 Å². The molecule has 20 heavy (non-hydrogen) atoms. The molecular weight excluding hydrogens is 274 g/mol. The average Bonchev–Trinajstić information content (AvgIpc) is 2.48. The Morgan fingerprint density at radius 3 is 2.75 bits per heavy atom. The van der Waals surface area contributed by atoms with Crippen molar-refractivity contribution < 1.29 is 14.6 Å². The molecule has 1 aliphatic heterocycles. The molecule has 1 aliphatic rings. The van der Waals surface area contributed by atoms with E-state index in [1.807, 2.05) is 36.1 Å². The third-order valence-electron chi connectivity index (χ3n) is 3.63. The number of nitrogens with zero attached hydrogens (tertiary/aromatic N) is 1. The van der Waals surface area contributed by atoms with E-state index in [-0.39, 0.29) is 17.9 Å². The Balaban J connectivity index is 1.82. The number of amides is 1. The molecule has 1 heterocycles. The summed E-state index contributed by atoms with van der Waals surface area (Å²) in [6.07, 6.45) is 0.411. The summed E-state index contributed by atoms with van der Waals surface area (Å²) < 4.78 is 5.10. The van der Waals surface area contributed by atoms with Crippen LogP contribution in [0.25, 0.3) is 0 Å². The number of likely N-dealkylation sites (tertiary alicyclic amines) is 1. The summed E-state index contributed by atoms with van der Waals surface area (Å²) in [5, 5.41) is 9.68. The quantitative estimate of drug-likeness (QED) is 0.863. The summed E-state index contributed by atoms with van der Waals surface area (Å²) in [6, 6.07) is 7.71. The van der Waals surface area contributed by atoms with Gasteiger partial charge in [-0.3, -0.25) is 4.79 Å². The number of hydrogen-bond acceptors (Lipinski definition) is 4. The maximum absolute atomic E-state index is 12.1. The summed E-state index contributed by atoms with van der Waals surface area (Å²) in [5.41, 5.74) is 0. The van der Waals surface area contributed by atoms with Gasteiger partial charge in [0.1, 0.15) is 5.75 Å². The lowest BCUT2D eigenvalue weighted by Gasteiger charge is -2.34. The van der Waals surface area contributed by atoms with Crippen LogP contribution in [0, 0.1) is 5.92 Å². The number of ether oxygens (including phenoxy) is 1. The highest BCUT2D eigenvalue weighted by Crippen LogP contribution is 2.23. The summed E-state index contributed by atoms with van der Waals surface area (Å²) >= 11 is 1.53. The molecule has 110 valence electrons. The minimum atomic E-state index is -0.270. The molecule has 1 aromatic carbocycles. The van der Waals surface area contributed by atoms with Crippen molar-refractivity contribution in [1.29, 1.82) is 0 Å². The average molecular weight is 295 g/mol. The molecule has 0 aromatic heterocycles. The van der Waals surface area contributed by atoms with Gasteiger partial charge in [0.2, 0.25) is 5.91 Å². The molecular formula is C15H21NO3S. The van der Waals surface area contributed by atoms with Gasteiger partial charge in [-0.1, -0.05) is 6.92 Å². The summed E-state index contributed by atoms with van der Waals surface area (Å²) in [4.78, 5) is 15.1. The molecule has 4 nitrogen and oxygen atoms in total.